The fourth-order valence-corrected chi connectivity index (χ4v) is 4.70. The molecule has 4 rings (SSSR count). The Morgan fingerprint density at radius 2 is 1.68 bits per heavy atom. The SMILES string of the molecule is COc1cccc(N(C(=O)c2cccc(Cl)c2)C2CCN(Cc3ccc(N(C)C)cc3)CC2)c1. The summed E-state index contributed by atoms with van der Waals surface area (Å²) in [5.41, 5.74) is 3.96. The Bertz CT molecular complexity index is 1110. The van der Waals surface area contributed by atoms with Gasteiger partial charge in [0.25, 0.3) is 5.91 Å². The van der Waals surface area contributed by atoms with E-state index in [4.69, 9.17) is 16.3 Å². The molecule has 5 nitrogen and oxygen atoms in total. The van der Waals surface area contributed by atoms with Gasteiger partial charge in [0.1, 0.15) is 5.75 Å². The Kier molecular flexibility index (Phi) is 7.76. The van der Waals surface area contributed by atoms with Crippen LogP contribution >= 0.6 is 11.6 Å². The van der Waals surface area contributed by atoms with E-state index in [1.807, 2.05) is 41.3 Å². The van der Waals surface area contributed by atoms with Crippen molar-refractivity contribution in [2.45, 2.75) is 25.4 Å². The van der Waals surface area contributed by atoms with Crippen molar-refractivity contribution >= 4 is 28.9 Å². The molecule has 34 heavy (non-hydrogen) atoms. The van der Waals surface area contributed by atoms with E-state index >= 15 is 0 Å². The van der Waals surface area contributed by atoms with Gasteiger partial charge in [-0.15, -0.1) is 0 Å². The predicted molar refractivity (Wildman–Crippen MR) is 140 cm³/mol. The molecule has 1 aliphatic rings. The lowest BCUT2D eigenvalue weighted by molar-refractivity contribution is 0.0958. The van der Waals surface area contributed by atoms with E-state index in [-0.39, 0.29) is 11.9 Å². The lowest BCUT2D eigenvalue weighted by atomic mass is 10.00. The van der Waals surface area contributed by atoms with Crippen LogP contribution in [0.1, 0.15) is 28.8 Å². The number of halogens is 1. The summed E-state index contributed by atoms with van der Waals surface area (Å²) in [4.78, 5) is 20.2. The number of likely N-dealkylation sites (tertiary alicyclic amines) is 1. The van der Waals surface area contributed by atoms with Crippen LogP contribution in [-0.4, -0.2) is 51.1 Å². The molecule has 0 spiro atoms. The number of amides is 1. The van der Waals surface area contributed by atoms with Gasteiger partial charge in [-0.25, -0.2) is 0 Å². The number of anilines is 2. The first-order chi connectivity index (χ1) is 16.4. The average molecular weight is 478 g/mol. The quantitative estimate of drug-likeness (QED) is 0.435. The van der Waals surface area contributed by atoms with Gasteiger partial charge in [0, 0.05) is 67.8 Å². The van der Waals surface area contributed by atoms with Gasteiger partial charge in [-0.2, -0.15) is 0 Å². The Balaban J connectivity index is 1.50. The molecule has 0 bridgehead atoms. The number of piperidine rings is 1. The van der Waals surface area contributed by atoms with Gasteiger partial charge in [0.15, 0.2) is 0 Å². The highest BCUT2D eigenvalue weighted by Crippen LogP contribution is 2.29. The van der Waals surface area contributed by atoms with Crippen molar-refractivity contribution in [3.63, 3.8) is 0 Å². The highest BCUT2D eigenvalue weighted by Gasteiger charge is 2.30. The van der Waals surface area contributed by atoms with Crippen molar-refractivity contribution in [2.24, 2.45) is 0 Å². The van der Waals surface area contributed by atoms with E-state index in [2.05, 4.69) is 48.2 Å². The molecule has 6 heteroatoms. The van der Waals surface area contributed by atoms with Crippen LogP contribution in [0, 0.1) is 0 Å². The van der Waals surface area contributed by atoms with Crippen molar-refractivity contribution in [2.75, 3.05) is 44.1 Å². The largest absolute Gasteiger partial charge is 0.497 e. The van der Waals surface area contributed by atoms with Crippen LogP contribution < -0.4 is 14.5 Å². The maximum absolute atomic E-state index is 13.7. The number of carbonyl (C=O) groups excluding carboxylic acids is 1. The molecule has 0 atom stereocenters. The third-order valence-corrected chi connectivity index (χ3v) is 6.64. The van der Waals surface area contributed by atoms with Crippen molar-refractivity contribution in [3.8, 4) is 5.75 Å². The van der Waals surface area contributed by atoms with Crippen molar-refractivity contribution in [3.05, 3.63) is 88.9 Å². The van der Waals surface area contributed by atoms with Crippen molar-refractivity contribution < 1.29 is 9.53 Å². The fraction of sp³-hybridized carbons (Fsp3) is 0.321. The predicted octanol–water partition coefficient (Wildman–Crippen LogP) is 5.73. The number of rotatable bonds is 7. The highest BCUT2D eigenvalue weighted by molar-refractivity contribution is 6.31. The zero-order valence-corrected chi connectivity index (χ0v) is 20.8. The summed E-state index contributed by atoms with van der Waals surface area (Å²) in [6, 6.07) is 23.7. The molecule has 1 aliphatic heterocycles. The van der Waals surface area contributed by atoms with Crippen LogP contribution in [0.4, 0.5) is 11.4 Å². The van der Waals surface area contributed by atoms with Crippen LogP contribution in [0.25, 0.3) is 0 Å². The molecule has 0 unspecified atom stereocenters. The van der Waals surface area contributed by atoms with E-state index in [1.54, 1.807) is 19.2 Å². The summed E-state index contributed by atoms with van der Waals surface area (Å²) < 4.78 is 5.43. The number of benzene rings is 3. The number of ether oxygens (including phenoxy) is 1. The molecule has 0 saturated carbocycles. The molecule has 0 radical (unpaired) electrons. The van der Waals surface area contributed by atoms with Crippen LogP contribution in [0.15, 0.2) is 72.8 Å². The molecule has 1 amide bonds. The topological polar surface area (TPSA) is 36.0 Å². The molecule has 0 aromatic heterocycles. The van der Waals surface area contributed by atoms with Crippen molar-refractivity contribution in [1.29, 1.82) is 0 Å². The van der Waals surface area contributed by atoms with Gasteiger partial charge in [-0.3, -0.25) is 9.69 Å². The van der Waals surface area contributed by atoms with Gasteiger partial charge >= 0.3 is 0 Å². The summed E-state index contributed by atoms with van der Waals surface area (Å²) in [7, 11) is 5.75. The minimum atomic E-state index is -0.0338. The summed E-state index contributed by atoms with van der Waals surface area (Å²) in [5.74, 6) is 0.702. The molecule has 0 N–H and O–H groups in total. The molecule has 3 aromatic rings. The maximum atomic E-state index is 13.7. The van der Waals surface area contributed by atoms with Gasteiger partial charge in [-0.1, -0.05) is 35.9 Å². The average Bonchev–Trinajstić information content (AvgIpc) is 2.85. The lowest BCUT2D eigenvalue weighted by Crippen LogP contribution is -2.47. The molecule has 0 aliphatic carbocycles. The summed E-state index contributed by atoms with van der Waals surface area (Å²) in [6.45, 7) is 2.79. The summed E-state index contributed by atoms with van der Waals surface area (Å²) in [5, 5.41) is 0.562. The van der Waals surface area contributed by atoms with E-state index in [0.29, 0.717) is 10.6 Å². The molecule has 1 saturated heterocycles. The Morgan fingerprint density at radius 3 is 2.32 bits per heavy atom. The van der Waals surface area contributed by atoms with Gasteiger partial charge < -0.3 is 14.5 Å². The first kappa shape index (κ1) is 24.1. The number of hydrogen-bond donors (Lipinski definition) is 0. The Hall–Kier alpha value is -3.02. The standard InChI is InChI=1S/C28H32ClN3O2/c1-30(2)24-12-10-21(11-13-24)20-31-16-14-25(15-17-31)32(26-8-5-9-27(19-26)34-3)28(33)22-6-4-7-23(29)18-22/h4-13,18-19,25H,14-17,20H2,1-3H3. The smallest absolute Gasteiger partial charge is 0.258 e. The molecule has 3 aromatic carbocycles. The summed E-state index contributed by atoms with van der Waals surface area (Å²) >= 11 is 6.20. The molecule has 1 fully saturated rings. The maximum Gasteiger partial charge on any atom is 0.258 e. The van der Waals surface area contributed by atoms with E-state index in [1.165, 1.54) is 11.3 Å². The second kappa shape index (κ2) is 10.9. The van der Waals surface area contributed by atoms with Crippen LogP contribution in [0.2, 0.25) is 5.02 Å². The first-order valence-corrected chi connectivity index (χ1v) is 12.0. The zero-order valence-electron chi connectivity index (χ0n) is 20.1. The minimum Gasteiger partial charge on any atom is -0.497 e. The van der Waals surface area contributed by atoms with Gasteiger partial charge in [-0.05, 0) is 60.9 Å². The second-order valence-electron chi connectivity index (χ2n) is 8.96. The molecule has 178 valence electrons. The normalized spacial score (nSPS) is 14.6. The van der Waals surface area contributed by atoms with Gasteiger partial charge in [0.2, 0.25) is 0 Å². The third-order valence-electron chi connectivity index (χ3n) is 6.40. The van der Waals surface area contributed by atoms with Gasteiger partial charge in [0.05, 0.1) is 7.11 Å². The van der Waals surface area contributed by atoms with E-state index < -0.39 is 0 Å². The number of hydrogen-bond acceptors (Lipinski definition) is 4. The number of methoxy groups -OCH3 is 1. The molecular formula is C28H32ClN3O2. The first-order valence-electron chi connectivity index (χ1n) is 11.7. The summed E-state index contributed by atoms with van der Waals surface area (Å²) in [6.07, 6.45) is 1.80. The van der Waals surface area contributed by atoms with Crippen LogP contribution in [0.3, 0.4) is 0 Å². The second-order valence-corrected chi connectivity index (χ2v) is 9.39. The number of carbonyl (C=O) groups is 1. The van der Waals surface area contributed by atoms with Crippen molar-refractivity contribution in [1.82, 2.24) is 4.90 Å². The monoisotopic (exact) mass is 477 g/mol. The Labute approximate surface area is 207 Å². The fourth-order valence-electron chi connectivity index (χ4n) is 4.51. The minimum absolute atomic E-state index is 0.0338. The third kappa shape index (κ3) is 5.72. The van der Waals surface area contributed by atoms with E-state index in [9.17, 15) is 4.79 Å². The molecular weight excluding hydrogens is 446 g/mol. The number of nitrogens with zero attached hydrogens (tertiary/aromatic N) is 3. The highest BCUT2D eigenvalue weighted by atomic mass is 35.5. The molecule has 1 heterocycles. The zero-order chi connectivity index (χ0) is 24.1. The van der Waals surface area contributed by atoms with E-state index in [0.717, 1.165) is 43.9 Å². The lowest BCUT2D eigenvalue weighted by Gasteiger charge is -2.39. The van der Waals surface area contributed by atoms with Crippen LogP contribution in [0.5, 0.6) is 5.75 Å². The van der Waals surface area contributed by atoms with Crippen LogP contribution in [-0.2, 0) is 6.54 Å². The Morgan fingerprint density at radius 1 is 0.971 bits per heavy atom.